The van der Waals surface area contributed by atoms with Crippen molar-refractivity contribution >= 4 is 23.8 Å². The van der Waals surface area contributed by atoms with E-state index in [1.54, 1.807) is 37.5 Å². The predicted octanol–water partition coefficient (Wildman–Crippen LogP) is 1.17. The van der Waals surface area contributed by atoms with Crippen molar-refractivity contribution in [3.8, 4) is 0 Å². The maximum atomic E-state index is 11.9. The van der Waals surface area contributed by atoms with Gasteiger partial charge in [0.05, 0.1) is 5.69 Å². The number of aliphatic carboxylic acids is 1. The number of pyridine rings is 1. The van der Waals surface area contributed by atoms with Crippen molar-refractivity contribution in [2.45, 2.75) is 0 Å². The average Bonchev–Trinajstić information content (AvgIpc) is 2.84. The lowest BCUT2D eigenvalue weighted by Gasteiger charge is -2.03. The average molecular weight is 272 g/mol. The third-order valence-electron chi connectivity index (χ3n) is 2.36. The van der Waals surface area contributed by atoms with Crippen LogP contribution in [0.3, 0.4) is 0 Å². The third kappa shape index (κ3) is 3.52. The Balaban J connectivity index is 2.11. The molecule has 7 heteroatoms. The predicted molar refractivity (Wildman–Crippen MR) is 72.1 cm³/mol. The van der Waals surface area contributed by atoms with Gasteiger partial charge < -0.3 is 10.4 Å². The number of carboxylic acids is 1. The molecule has 1 amide bonds. The van der Waals surface area contributed by atoms with Crippen molar-refractivity contribution in [3.63, 3.8) is 0 Å². The van der Waals surface area contributed by atoms with Gasteiger partial charge in [0.25, 0.3) is 5.91 Å². The maximum Gasteiger partial charge on any atom is 0.328 e. The molecule has 0 aliphatic carbocycles. The Bertz CT molecular complexity index is 676. The first-order chi connectivity index (χ1) is 9.54. The fourth-order valence-corrected chi connectivity index (χ4v) is 1.49. The lowest BCUT2D eigenvalue weighted by Crippen LogP contribution is -2.14. The minimum absolute atomic E-state index is 0.279. The molecule has 2 N–H and O–H groups in total. The summed E-state index contributed by atoms with van der Waals surface area (Å²) >= 11 is 0. The molecule has 0 spiro atoms. The number of nitrogens with zero attached hydrogens (tertiary/aromatic N) is 3. The Hall–Kier alpha value is -2.96. The first-order valence-corrected chi connectivity index (χ1v) is 5.73. The van der Waals surface area contributed by atoms with Gasteiger partial charge >= 0.3 is 5.97 Å². The lowest BCUT2D eigenvalue weighted by atomic mass is 10.3. The fourth-order valence-electron chi connectivity index (χ4n) is 1.49. The summed E-state index contributed by atoms with van der Waals surface area (Å²) in [7, 11) is 1.71. The molecule has 0 bridgehead atoms. The van der Waals surface area contributed by atoms with Gasteiger partial charge in [0.15, 0.2) is 5.69 Å². The van der Waals surface area contributed by atoms with E-state index in [4.69, 9.17) is 5.11 Å². The Kier molecular flexibility index (Phi) is 3.90. The normalized spacial score (nSPS) is 10.7. The Morgan fingerprint density at radius 1 is 1.35 bits per heavy atom. The van der Waals surface area contributed by atoms with E-state index in [1.165, 1.54) is 10.8 Å². The molecule has 0 radical (unpaired) electrons. The monoisotopic (exact) mass is 272 g/mol. The van der Waals surface area contributed by atoms with Crippen molar-refractivity contribution in [3.05, 3.63) is 47.9 Å². The number of carbonyl (C=O) groups excluding carboxylic acids is 1. The highest BCUT2D eigenvalue weighted by Gasteiger charge is 2.09. The number of rotatable bonds is 4. The smallest absolute Gasteiger partial charge is 0.328 e. The van der Waals surface area contributed by atoms with Crippen molar-refractivity contribution in [2.24, 2.45) is 7.05 Å². The number of hydrogen-bond donors (Lipinski definition) is 2. The lowest BCUT2D eigenvalue weighted by molar-refractivity contribution is -0.131. The molecule has 0 aromatic carbocycles. The second-order valence-electron chi connectivity index (χ2n) is 3.95. The van der Waals surface area contributed by atoms with Crippen LogP contribution in [0.25, 0.3) is 6.08 Å². The van der Waals surface area contributed by atoms with Gasteiger partial charge in [-0.3, -0.25) is 9.48 Å². The van der Waals surface area contributed by atoms with Crippen molar-refractivity contribution in [2.75, 3.05) is 5.32 Å². The van der Waals surface area contributed by atoms with Crippen molar-refractivity contribution < 1.29 is 14.7 Å². The van der Waals surface area contributed by atoms with Crippen LogP contribution in [0, 0.1) is 0 Å². The first kappa shape index (κ1) is 13.5. The first-order valence-electron chi connectivity index (χ1n) is 5.73. The van der Waals surface area contributed by atoms with E-state index in [0.29, 0.717) is 11.5 Å². The number of amides is 1. The molecular weight excluding hydrogens is 260 g/mol. The SMILES string of the molecule is Cn1ccc(C(=O)Nc2cccc(/C=C/C(=O)O)n2)n1. The number of carboxylic acid groups (broad SMARTS) is 1. The molecular formula is C13H12N4O3. The molecule has 20 heavy (non-hydrogen) atoms. The molecule has 0 fully saturated rings. The zero-order valence-corrected chi connectivity index (χ0v) is 10.6. The van der Waals surface area contributed by atoms with Gasteiger partial charge in [-0.05, 0) is 24.3 Å². The van der Waals surface area contributed by atoms with Gasteiger partial charge in [0, 0.05) is 19.3 Å². The second-order valence-corrected chi connectivity index (χ2v) is 3.95. The van der Waals surface area contributed by atoms with E-state index in [1.807, 2.05) is 0 Å². The summed E-state index contributed by atoms with van der Waals surface area (Å²) in [6, 6.07) is 6.50. The Morgan fingerprint density at radius 3 is 2.80 bits per heavy atom. The summed E-state index contributed by atoms with van der Waals surface area (Å²) in [5.41, 5.74) is 0.715. The fraction of sp³-hybridized carbons (Fsp3) is 0.0769. The number of aromatic nitrogens is 3. The number of carbonyl (C=O) groups is 2. The molecule has 2 rings (SSSR count). The minimum atomic E-state index is -1.06. The second kappa shape index (κ2) is 5.79. The van der Waals surface area contributed by atoms with E-state index >= 15 is 0 Å². The summed E-state index contributed by atoms with van der Waals surface area (Å²) in [5.74, 6) is -1.11. The van der Waals surface area contributed by atoms with Crippen LogP contribution in [0.1, 0.15) is 16.2 Å². The number of aryl methyl sites for hydroxylation is 1. The van der Waals surface area contributed by atoms with E-state index in [0.717, 1.165) is 6.08 Å². The van der Waals surface area contributed by atoms with Gasteiger partial charge in [-0.25, -0.2) is 9.78 Å². The van der Waals surface area contributed by atoms with Crippen LogP contribution in [0.15, 0.2) is 36.5 Å². The van der Waals surface area contributed by atoms with Gasteiger partial charge in [-0.1, -0.05) is 6.07 Å². The van der Waals surface area contributed by atoms with E-state index < -0.39 is 5.97 Å². The number of nitrogens with one attached hydrogen (secondary N) is 1. The molecule has 2 heterocycles. The summed E-state index contributed by atoms with van der Waals surface area (Å²) in [6.07, 6.45) is 3.99. The quantitative estimate of drug-likeness (QED) is 0.814. The molecule has 0 aliphatic rings. The molecule has 0 saturated carbocycles. The Labute approximate surface area is 114 Å². The van der Waals surface area contributed by atoms with Crippen LogP contribution in [0.2, 0.25) is 0 Å². The van der Waals surface area contributed by atoms with Crippen LogP contribution in [0.4, 0.5) is 5.82 Å². The summed E-state index contributed by atoms with van der Waals surface area (Å²) < 4.78 is 1.52. The van der Waals surface area contributed by atoms with Crippen molar-refractivity contribution in [1.29, 1.82) is 0 Å². The van der Waals surface area contributed by atoms with Gasteiger partial charge in [-0.2, -0.15) is 5.10 Å². The highest BCUT2D eigenvalue weighted by Crippen LogP contribution is 2.08. The number of hydrogen-bond acceptors (Lipinski definition) is 4. The van der Waals surface area contributed by atoms with Gasteiger partial charge in [0.1, 0.15) is 5.82 Å². The number of anilines is 1. The highest BCUT2D eigenvalue weighted by molar-refractivity contribution is 6.02. The Morgan fingerprint density at radius 2 is 2.15 bits per heavy atom. The molecule has 0 unspecified atom stereocenters. The zero-order chi connectivity index (χ0) is 14.5. The third-order valence-corrected chi connectivity index (χ3v) is 2.36. The van der Waals surface area contributed by atoms with Crippen molar-refractivity contribution in [1.82, 2.24) is 14.8 Å². The minimum Gasteiger partial charge on any atom is -0.478 e. The molecule has 0 saturated heterocycles. The largest absolute Gasteiger partial charge is 0.478 e. The maximum absolute atomic E-state index is 11.9. The summed E-state index contributed by atoms with van der Waals surface area (Å²) in [5, 5.41) is 15.1. The topological polar surface area (TPSA) is 97.1 Å². The van der Waals surface area contributed by atoms with Crippen LogP contribution in [-0.4, -0.2) is 31.7 Å². The van der Waals surface area contributed by atoms with Crippen LogP contribution >= 0.6 is 0 Å². The van der Waals surface area contributed by atoms with E-state index in [9.17, 15) is 9.59 Å². The van der Waals surface area contributed by atoms with Crippen LogP contribution < -0.4 is 5.32 Å². The molecule has 7 nitrogen and oxygen atoms in total. The summed E-state index contributed by atoms with van der Waals surface area (Å²) in [6.45, 7) is 0. The van der Waals surface area contributed by atoms with E-state index in [-0.39, 0.29) is 11.6 Å². The standard InChI is InChI=1S/C13H12N4O3/c1-17-8-7-10(16-17)13(20)15-11-4-2-3-9(14-11)5-6-12(18)19/h2-8H,1H3,(H,18,19)(H,14,15,20)/b6-5+. The van der Waals surface area contributed by atoms with Crippen LogP contribution in [0.5, 0.6) is 0 Å². The summed E-state index contributed by atoms with van der Waals surface area (Å²) in [4.78, 5) is 26.4. The molecule has 0 aliphatic heterocycles. The molecule has 102 valence electrons. The van der Waals surface area contributed by atoms with Gasteiger partial charge in [-0.15, -0.1) is 0 Å². The van der Waals surface area contributed by atoms with Crippen LogP contribution in [-0.2, 0) is 11.8 Å². The molecule has 2 aromatic rings. The molecule has 2 aromatic heterocycles. The highest BCUT2D eigenvalue weighted by atomic mass is 16.4. The zero-order valence-electron chi connectivity index (χ0n) is 10.6. The van der Waals surface area contributed by atoms with Gasteiger partial charge in [0.2, 0.25) is 0 Å². The molecule has 0 atom stereocenters. The van der Waals surface area contributed by atoms with E-state index in [2.05, 4.69) is 15.4 Å².